The van der Waals surface area contributed by atoms with E-state index < -0.39 is 29.5 Å². The Morgan fingerprint density at radius 1 is 1.00 bits per heavy atom. The summed E-state index contributed by atoms with van der Waals surface area (Å²) in [6, 6.07) is 17.1. The maximum atomic E-state index is 14.8. The number of nitrogens with zero attached hydrogens (tertiary/aromatic N) is 5. The molecule has 4 aliphatic heterocycles. The van der Waals surface area contributed by atoms with Gasteiger partial charge in [0.05, 0.1) is 29.9 Å². The van der Waals surface area contributed by atoms with Gasteiger partial charge in [0.15, 0.2) is 0 Å². The number of nitriles is 1. The molecule has 3 aromatic carbocycles. The number of hydrogen-bond donors (Lipinski definition) is 1. The number of rotatable bonds is 6. The highest BCUT2D eigenvalue weighted by Crippen LogP contribution is 2.36. The zero-order chi connectivity index (χ0) is 36.7. The van der Waals surface area contributed by atoms with Crippen LogP contribution in [0.4, 0.5) is 14.9 Å². The summed E-state index contributed by atoms with van der Waals surface area (Å²) in [7, 11) is 0. The van der Waals surface area contributed by atoms with E-state index in [-0.39, 0.29) is 49.4 Å². The molecule has 0 radical (unpaired) electrons. The first-order valence-corrected chi connectivity index (χ1v) is 17.6. The molecule has 7 rings (SSSR count). The van der Waals surface area contributed by atoms with Gasteiger partial charge in [0.2, 0.25) is 11.8 Å². The van der Waals surface area contributed by atoms with E-state index in [4.69, 9.17) is 14.7 Å². The van der Waals surface area contributed by atoms with Crippen molar-refractivity contribution in [3.8, 4) is 11.8 Å². The third-order valence-corrected chi connectivity index (χ3v) is 10.1. The molecule has 12 nitrogen and oxygen atoms in total. The quantitative estimate of drug-likeness (QED) is 0.363. The highest BCUT2D eigenvalue weighted by atomic mass is 19.1. The van der Waals surface area contributed by atoms with E-state index in [0.717, 1.165) is 16.7 Å². The van der Waals surface area contributed by atoms with Crippen LogP contribution in [-0.4, -0.2) is 82.9 Å². The number of amides is 4. The molecule has 2 atom stereocenters. The van der Waals surface area contributed by atoms with E-state index in [2.05, 4.69) is 16.3 Å². The summed E-state index contributed by atoms with van der Waals surface area (Å²) >= 11 is 0. The number of nitrogens with one attached hydrogen (secondary N) is 1. The van der Waals surface area contributed by atoms with Crippen molar-refractivity contribution in [3.63, 3.8) is 0 Å². The SMILES string of the molecule is CC(C)(C)OC(=O)N1Cc2cc(COc3cccc4c3CN([C@H]3CCC(=O)NC3=O)C4=O)ccc2C(N2CCN(c3ccc(C#N)cc3F)CC2)C1. The number of ether oxygens (including phenoxy) is 2. The lowest BCUT2D eigenvalue weighted by atomic mass is 9.92. The van der Waals surface area contributed by atoms with E-state index in [1.54, 1.807) is 29.2 Å². The predicted molar refractivity (Wildman–Crippen MR) is 188 cm³/mol. The van der Waals surface area contributed by atoms with Gasteiger partial charge < -0.3 is 24.2 Å². The Bertz CT molecular complexity index is 1980. The fraction of sp³-hybridized carbons (Fsp3) is 0.410. The lowest BCUT2D eigenvalue weighted by molar-refractivity contribution is -0.136. The number of hydrogen-bond acceptors (Lipinski definition) is 9. The summed E-state index contributed by atoms with van der Waals surface area (Å²) in [6.45, 7) is 9.20. The van der Waals surface area contributed by atoms with Gasteiger partial charge in [-0.3, -0.25) is 24.6 Å². The Hall–Kier alpha value is -5.48. The van der Waals surface area contributed by atoms with Crippen LogP contribution >= 0.6 is 0 Å². The number of benzene rings is 3. The molecule has 2 saturated heterocycles. The summed E-state index contributed by atoms with van der Waals surface area (Å²) in [5.41, 5.74) is 4.23. The van der Waals surface area contributed by atoms with Gasteiger partial charge in [0.25, 0.3) is 5.91 Å². The van der Waals surface area contributed by atoms with Crippen molar-refractivity contribution >= 4 is 29.5 Å². The molecule has 1 N–H and O–H groups in total. The molecule has 3 aromatic rings. The smallest absolute Gasteiger partial charge is 0.410 e. The van der Waals surface area contributed by atoms with Crippen LogP contribution in [0.3, 0.4) is 0 Å². The first kappa shape index (κ1) is 34.9. The maximum Gasteiger partial charge on any atom is 0.410 e. The second-order valence-electron chi connectivity index (χ2n) is 14.7. The van der Waals surface area contributed by atoms with Crippen molar-refractivity contribution in [2.24, 2.45) is 0 Å². The zero-order valence-electron chi connectivity index (χ0n) is 29.5. The third-order valence-electron chi connectivity index (χ3n) is 10.1. The number of anilines is 1. The number of imide groups is 1. The molecular formula is C39H41FN6O6. The van der Waals surface area contributed by atoms with E-state index in [0.29, 0.717) is 61.8 Å². The van der Waals surface area contributed by atoms with Crippen molar-refractivity contribution in [3.05, 3.63) is 93.8 Å². The summed E-state index contributed by atoms with van der Waals surface area (Å²) in [4.78, 5) is 58.5. The Balaban J connectivity index is 1.08. The molecule has 4 heterocycles. The minimum atomic E-state index is -0.716. The van der Waals surface area contributed by atoms with Gasteiger partial charge in [0.1, 0.15) is 29.8 Å². The summed E-state index contributed by atoms with van der Waals surface area (Å²) in [5, 5.41) is 11.5. The molecule has 1 unspecified atom stereocenters. The van der Waals surface area contributed by atoms with Crippen LogP contribution < -0.4 is 15.0 Å². The lowest BCUT2D eigenvalue weighted by Crippen LogP contribution is -2.52. The van der Waals surface area contributed by atoms with Crippen molar-refractivity contribution in [2.45, 2.75) is 71.0 Å². The molecule has 0 bridgehead atoms. The molecule has 4 amide bonds. The highest BCUT2D eigenvalue weighted by Gasteiger charge is 2.40. The molecule has 0 saturated carbocycles. The lowest BCUT2D eigenvalue weighted by Gasteiger charge is -2.44. The average molecular weight is 709 g/mol. The van der Waals surface area contributed by atoms with Crippen LogP contribution in [0.25, 0.3) is 0 Å². The normalized spacial score (nSPS) is 20.6. The van der Waals surface area contributed by atoms with Crippen molar-refractivity contribution < 1.29 is 33.0 Å². The van der Waals surface area contributed by atoms with Crippen LogP contribution in [0, 0.1) is 17.1 Å². The molecule has 0 aliphatic carbocycles. The Labute approximate surface area is 301 Å². The third kappa shape index (κ3) is 7.03. The second-order valence-corrected chi connectivity index (χ2v) is 14.7. The van der Waals surface area contributed by atoms with Gasteiger partial charge in [-0.05, 0) is 74.2 Å². The van der Waals surface area contributed by atoms with Gasteiger partial charge in [-0.1, -0.05) is 24.3 Å². The van der Waals surface area contributed by atoms with Crippen LogP contribution in [0.5, 0.6) is 5.75 Å². The van der Waals surface area contributed by atoms with Gasteiger partial charge in [-0.15, -0.1) is 0 Å². The summed E-state index contributed by atoms with van der Waals surface area (Å²) in [6.07, 6.45) is 0.0647. The van der Waals surface area contributed by atoms with Gasteiger partial charge in [-0.2, -0.15) is 5.26 Å². The number of piperidine rings is 1. The van der Waals surface area contributed by atoms with Crippen LogP contribution in [0.15, 0.2) is 54.6 Å². The van der Waals surface area contributed by atoms with Crippen molar-refractivity contribution in [2.75, 3.05) is 37.6 Å². The monoisotopic (exact) mass is 708 g/mol. The van der Waals surface area contributed by atoms with Crippen molar-refractivity contribution in [1.29, 1.82) is 5.26 Å². The average Bonchev–Trinajstić information content (AvgIpc) is 3.45. The number of piperazine rings is 1. The largest absolute Gasteiger partial charge is 0.489 e. The van der Waals surface area contributed by atoms with E-state index in [9.17, 15) is 23.6 Å². The minimum Gasteiger partial charge on any atom is -0.489 e. The zero-order valence-corrected chi connectivity index (χ0v) is 29.5. The van der Waals surface area contributed by atoms with Gasteiger partial charge >= 0.3 is 6.09 Å². The first-order chi connectivity index (χ1) is 24.9. The van der Waals surface area contributed by atoms with Crippen LogP contribution in [0.2, 0.25) is 0 Å². The van der Waals surface area contributed by atoms with Crippen LogP contribution in [-0.2, 0) is 34.0 Å². The minimum absolute atomic E-state index is 0.110. The number of fused-ring (bicyclic) bond motifs is 2. The molecule has 13 heteroatoms. The second kappa shape index (κ2) is 13.9. The fourth-order valence-corrected chi connectivity index (χ4v) is 7.53. The molecule has 0 aromatic heterocycles. The van der Waals surface area contributed by atoms with Crippen LogP contribution in [0.1, 0.15) is 77.8 Å². The topological polar surface area (TPSA) is 136 Å². The Morgan fingerprint density at radius 3 is 2.50 bits per heavy atom. The Kier molecular flexibility index (Phi) is 9.35. The highest BCUT2D eigenvalue weighted by molar-refractivity contribution is 6.05. The molecule has 270 valence electrons. The summed E-state index contributed by atoms with van der Waals surface area (Å²) in [5.74, 6) is -0.933. The van der Waals surface area contributed by atoms with Crippen molar-refractivity contribution in [1.82, 2.24) is 20.0 Å². The molecule has 2 fully saturated rings. The van der Waals surface area contributed by atoms with E-state index in [1.807, 2.05) is 49.9 Å². The standard InChI is InChI=1S/C39H41FN6O6/c1-39(2,3)52-38(50)45-20-26-17-25(23-51-34-6-4-5-28-29(34)21-46(37(28)49)32-11-12-35(47)42-36(32)48)7-9-27(26)33(22-45)44-15-13-43(14-16-44)31-10-8-24(19-41)18-30(31)40/h4-10,17-18,32-33H,11-16,20-23H2,1-3H3,(H,42,47,48)/t32-,33?/m0/s1. The number of carbonyl (C=O) groups excluding carboxylic acids is 4. The first-order valence-electron chi connectivity index (χ1n) is 17.6. The van der Waals surface area contributed by atoms with E-state index >= 15 is 0 Å². The predicted octanol–water partition coefficient (Wildman–Crippen LogP) is 4.65. The van der Waals surface area contributed by atoms with E-state index in [1.165, 1.54) is 11.0 Å². The molecule has 4 aliphatic rings. The number of carbonyl (C=O) groups is 4. The molecule has 52 heavy (non-hydrogen) atoms. The maximum absolute atomic E-state index is 14.8. The molecule has 0 spiro atoms. The fourth-order valence-electron chi connectivity index (χ4n) is 7.53. The Morgan fingerprint density at radius 2 is 1.79 bits per heavy atom. The van der Waals surface area contributed by atoms with Gasteiger partial charge in [0, 0.05) is 56.8 Å². The number of halogens is 1. The summed E-state index contributed by atoms with van der Waals surface area (Å²) < 4.78 is 26.9. The molecular weight excluding hydrogens is 667 g/mol. The van der Waals surface area contributed by atoms with Gasteiger partial charge in [-0.25, -0.2) is 9.18 Å².